The molecule has 8 nitrogen and oxygen atoms in total. The first-order chi connectivity index (χ1) is 19.8. The number of hydrogen-bond acceptors (Lipinski definition) is 6. The van der Waals surface area contributed by atoms with Crippen LogP contribution in [0.1, 0.15) is 34.1 Å². The molecule has 10 heteroatoms. The van der Waals surface area contributed by atoms with Crippen molar-refractivity contribution >= 4 is 11.7 Å². The predicted octanol–water partition coefficient (Wildman–Crippen LogP) is 5.00. The number of benzene rings is 3. The van der Waals surface area contributed by atoms with Crippen molar-refractivity contribution in [3.05, 3.63) is 123 Å². The Labute approximate surface area is 234 Å². The minimum absolute atomic E-state index is 0.0353. The number of ether oxygens (including phenoxy) is 1. The third-order valence-corrected chi connectivity index (χ3v) is 6.67. The molecule has 5 aromatic rings. The van der Waals surface area contributed by atoms with E-state index < -0.39 is 23.2 Å². The number of rotatable bonds is 9. The van der Waals surface area contributed by atoms with Gasteiger partial charge >= 0.3 is 5.97 Å². The van der Waals surface area contributed by atoms with Crippen molar-refractivity contribution in [2.45, 2.75) is 26.6 Å². The highest BCUT2D eigenvalue weighted by atomic mass is 19.1. The summed E-state index contributed by atoms with van der Waals surface area (Å²) < 4.78 is 37.2. The number of imidazole rings is 1. The van der Waals surface area contributed by atoms with E-state index in [0.29, 0.717) is 23.5 Å². The highest BCUT2D eigenvalue weighted by molar-refractivity contribution is 5.89. The molecule has 0 saturated heterocycles. The van der Waals surface area contributed by atoms with Gasteiger partial charge in [-0.15, -0.1) is 0 Å². The lowest BCUT2D eigenvalue weighted by atomic mass is 10.1. The number of carbonyl (C=O) groups is 1. The second-order valence-corrected chi connectivity index (χ2v) is 9.64. The molecule has 1 N–H and O–H groups in total. The standard InChI is InChI=1S/C31H28F2N4O4/c1-3-41-30(40)24-18-36(17-23-25(32)10-7-11-26(23)33)31-34-28(21-12-14-22(38)15-13-21)27(37(31)29(24)39)19-35(2)16-20-8-5-4-6-9-20/h4-15,18,38H,3,16-17,19H2,1-2H3. The molecule has 0 saturated carbocycles. The molecule has 3 aromatic carbocycles. The molecular weight excluding hydrogens is 530 g/mol. The quantitative estimate of drug-likeness (QED) is 0.256. The lowest BCUT2D eigenvalue weighted by molar-refractivity contribution is 0.0523. The van der Waals surface area contributed by atoms with Crippen LogP contribution < -0.4 is 5.56 Å². The molecule has 0 unspecified atom stereocenters. The van der Waals surface area contributed by atoms with E-state index in [-0.39, 0.29) is 42.4 Å². The highest BCUT2D eigenvalue weighted by Crippen LogP contribution is 2.28. The average Bonchev–Trinajstić information content (AvgIpc) is 3.32. The second-order valence-electron chi connectivity index (χ2n) is 9.64. The van der Waals surface area contributed by atoms with Gasteiger partial charge in [0.05, 0.1) is 24.5 Å². The summed E-state index contributed by atoms with van der Waals surface area (Å²) in [5.41, 5.74) is 1.34. The van der Waals surface area contributed by atoms with Crippen LogP contribution in [0.5, 0.6) is 5.75 Å². The molecule has 0 aliphatic rings. The first-order valence-electron chi connectivity index (χ1n) is 13.0. The van der Waals surface area contributed by atoms with Gasteiger partial charge in [-0.05, 0) is 55.9 Å². The van der Waals surface area contributed by atoms with Crippen molar-refractivity contribution in [1.82, 2.24) is 18.9 Å². The van der Waals surface area contributed by atoms with Gasteiger partial charge < -0.3 is 14.4 Å². The summed E-state index contributed by atoms with van der Waals surface area (Å²) in [6.07, 6.45) is 1.23. The molecule has 210 valence electrons. The number of esters is 1. The van der Waals surface area contributed by atoms with Crippen molar-refractivity contribution in [3.8, 4) is 17.0 Å². The van der Waals surface area contributed by atoms with Crippen LogP contribution in [0.3, 0.4) is 0 Å². The van der Waals surface area contributed by atoms with Crippen LogP contribution in [0.25, 0.3) is 17.0 Å². The van der Waals surface area contributed by atoms with Gasteiger partial charge in [0.25, 0.3) is 5.56 Å². The van der Waals surface area contributed by atoms with Crippen LogP contribution in [-0.2, 0) is 24.4 Å². The maximum atomic E-state index is 14.7. The summed E-state index contributed by atoms with van der Waals surface area (Å²) in [5.74, 6) is -2.25. The number of aromatic nitrogens is 3. The Hall–Kier alpha value is -4.83. The third kappa shape index (κ3) is 5.73. The van der Waals surface area contributed by atoms with Gasteiger partial charge in [-0.3, -0.25) is 9.69 Å². The SMILES string of the molecule is CCOC(=O)c1cn(Cc2c(F)cccc2F)c2nc(-c3ccc(O)cc3)c(CN(C)Cc3ccccc3)n2c1=O. The summed E-state index contributed by atoms with van der Waals surface area (Å²) in [7, 11) is 1.88. The molecule has 0 radical (unpaired) electrons. The van der Waals surface area contributed by atoms with Crippen molar-refractivity contribution in [1.29, 1.82) is 0 Å². The summed E-state index contributed by atoms with van der Waals surface area (Å²) in [6.45, 7) is 2.11. The van der Waals surface area contributed by atoms with Gasteiger partial charge in [0.15, 0.2) is 0 Å². The van der Waals surface area contributed by atoms with E-state index in [1.165, 1.54) is 33.4 Å². The minimum atomic E-state index is -0.856. The number of phenols is 1. The highest BCUT2D eigenvalue weighted by Gasteiger charge is 2.25. The first-order valence-corrected chi connectivity index (χ1v) is 13.0. The summed E-state index contributed by atoms with van der Waals surface area (Å²) in [6, 6.07) is 19.6. The van der Waals surface area contributed by atoms with Gasteiger partial charge in [-0.25, -0.2) is 23.0 Å². The summed E-state index contributed by atoms with van der Waals surface area (Å²) in [5, 5.41) is 9.86. The fourth-order valence-corrected chi connectivity index (χ4v) is 4.76. The monoisotopic (exact) mass is 558 g/mol. The summed E-state index contributed by atoms with van der Waals surface area (Å²) >= 11 is 0. The van der Waals surface area contributed by atoms with E-state index >= 15 is 0 Å². The number of halogens is 2. The van der Waals surface area contributed by atoms with E-state index in [1.54, 1.807) is 19.1 Å². The number of nitrogens with zero attached hydrogens (tertiary/aromatic N) is 4. The van der Waals surface area contributed by atoms with Crippen LogP contribution in [0.4, 0.5) is 8.78 Å². The van der Waals surface area contributed by atoms with Gasteiger partial charge in [-0.2, -0.15) is 0 Å². The lowest BCUT2D eigenvalue weighted by Crippen LogP contribution is -2.29. The molecule has 0 atom stereocenters. The molecular formula is C31H28F2N4O4. The Bertz CT molecular complexity index is 1750. The topological polar surface area (TPSA) is 89.1 Å². The van der Waals surface area contributed by atoms with E-state index in [2.05, 4.69) is 0 Å². The molecule has 5 rings (SSSR count). The van der Waals surface area contributed by atoms with Crippen LogP contribution in [0, 0.1) is 11.6 Å². The zero-order valence-electron chi connectivity index (χ0n) is 22.6. The largest absolute Gasteiger partial charge is 0.508 e. The molecule has 0 aliphatic heterocycles. The van der Waals surface area contributed by atoms with E-state index in [9.17, 15) is 23.5 Å². The number of fused-ring (bicyclic) bond motifs is 1. The molecule has 0 bridgehead atoms. The van der Waals surface area contributed by atoms with Crippen LogP contribution in [0.2, 0.25) is 0 Å². The number of hydrogen-bond donors (Lipinski definition) is 1. The van der Waals surface area contributed by atoms with Gasteiger partial charge in [-0.1, -0.05) is 36.4 Å². The summed E-state index contributed by atoms with van der Waals surface area (Å²) in [4.78, 5) is 33.5. The molecule has 0 fully saturated rings. The van der Waals surface area contributed by atoms with Crippen molar-refractivity contribution in [2.24, 2.45) is 0 Å². The molecule has 0 spiro atoms. The molecule has 0 amide bonds. The number of aromatic hydroxyl groups is 1. The van der Waals surface area contributed by atoms with E-state index in [4.69, 9.17) is 9.72 Å². The van der Waals surface area contributed by atoms with Crippen molar-refractivity contribution in [3.63, 3.8) is 0 Å². The second kappa shape index (κ2) is 11.7. The average molecular weight is 559 g/mol. The molecule has 0 aliphatic carbocycles. The maximum Gasteiger partial charge on any atom is 0.345 e. The van der Waals surface area contributed by atoms with Crippen LogP contribution >= 0.6 is 0 Å². The minimum Gasteiger partial charge on any atom is -0.508 e. The third-order valence-electron chi connectivity index (χ3n) is 6.67. The predicted molar refractivity (Wildman–Crippen MR) is 150 cm³/mol. The molecule has 41 heavy (non-hydrogen) atoms. The number of carbonyl (C=O) groups excluding carboxylic acids is 1. The zero-order valence-corrected chi connectivity index (χ0v) is 22.6. The smallest absolute Gasteiger partial charge is 0.345 e. The maximum absolute atomic E-state index is 14.7. The Kier molecular flexibility index (Phi) is 7.93. The van der Waals surface area contributed by atoms with Crippen LogP contribution in [0.15, 0.2) is 83.8 Å². The van der Waals surface area contributed by atoms with E-state index in [0.717, 1.165) is 17.7 Å². The van der Waals surface area contributed by atoms with Gasteiger partial charge in [0.1, 0.15) is 22.9 Å². The van der Waals surface area contributed by atoms with E-state index in [1.807, 2.05) is 42.3 Å². The molecule has 2 heterocycles. The van der Waals surface area contributed by atoms with Crippen molar-refractivity contribution < 1.29 is 23.4 Å². The Balaban J connectivity index is 1.74. The zero-order chi connectivity index (χ0) is 29.1. The lowest BCUT2D eigenvalue weighted by Gasteiger charge is -2.18. The normalized spacial score (nSPS) is 11.3. The van der Waals surface area contributed by atoms with Gasteiger partial charge in [0.2, 0.25) is 5.78 Å². The fourth-order valence-electron chi connectivity index (χ4n) is 4.76. The van der Waals surface area contributed by atoms with Gasteiger partial charge in [0, 0.05) is 30.4 Å². The first kappa shape index (κ1) is 27.7. The van der Waals surface area contributed by atoms with Crippen molar-refractivity contribution in [2.75, 3.05) is 13.7 Å². The van der Waals surface area contributed by atoms with Crippen LogP contribution in [-0.4, -0.2) is 43.6 Å². The Morgan fingerprint density at radius 1 is 0.976 bits per heavy atom. The fraction of sp³-hybridized carbons (Fsp3) is 0.194. The Morgan fingerprint density at radius 3 is 2.32 bits per heavy atom. The molecule has 2 aromatic heterocycles. The number of phenolic OH excluding ortho intramolecular Hbond substituents is 1. The Morgan fingerprint density at radius 2 is 1.66 bits per heavy atom.